The lowest BCUT2D eigenvalue weighted by Crippen LogP contribution is -2.22. The average Bonchev–Trinajstić information content (AvgIpc) is 2.84. The van der Waals surface area contributed by atoms with E-state index < -0.39 is 0 Å². The van der Waals surface area contributed by atoms with Crippen molar-refractivity contribution in [2.45, 2.75) is 26.4 Å². The highest BCUT2D eigenvalue weighted by molar-refractivity contribution is 6.30. The molecule has 0 bridgehead atoms. The highest BCUT2D eigenvalue weighted by Gasteiger charge is 2.10. The van der Waals surface area contributed by atoms with Gasteiger partial charge in [0.25, 0.3) is 0 Å². The van der Waals surface area contributed by atoms with Crippen LogP contribution in [0.25, 0.3) is 5.69 Å². The Bertz CT molecular complexity index is 610. The molecule has 5 heteroatoms. The molecule has 0 radical (unpaired) electrons. The lowest BCUT2D eigenvalue weighted by atomic mass is 10.1. The summed E-state index contributed by atoms with van der Waals surface area (Å²) < 4.78 is 1.77. The molecular weight excluding hydrogens is 260 g/mol. The largest absolute Gasteiger partial charge is 0.310 e. The molecule has 0 fully saturated rings. The van der Waals surface area contributed by atoms with E-state index in [9.17, 15) is 0 Å². The van der Waals surface area contributed by atoms with E-state index in [0.717, 1.165) is 11.3 Å². The van der Waals surface area contributed by atoms with E-state index in [1.54, 1.807) is 17.0 Å². The van der Waals surface area contributed by atoms with Crippen LogP contribution in [-0.2, 0) is 6.54 Å². The van der Waals surface area contributed by atoms with Crippen LogP contribution in [0.2, 0.25) is 5.02 Å². The Labute approximate surface area is 117 Å². The topological polar surface area (TPSA) is 53.6 Å². The van der Waals surface area contributed by atoms with Crippen LogP contribution in [-0.4, -0.2) is 15.6 Å². The van der Waals surface area contributed by atoms with Gasteiger partial charge in [0.2, 0.25) is 5.82 Å². The second-order valence-electron chi connectivity index (χ2n) is 4.54. The van der Waals surface area contributed by atoms with Gasteiger partial charge in [-0.3, -0.25) is 4.57 Å². The summed E-state index contributed by atoms with van der Waals surface area (Å²) in [6.07, 6.45) is 3.40. The van der Waals surface area contributed by atoms with Crippen molar-refractivity contribution in [1.82, 2.24) is 14.9 Å². The van der Waals surface area contributed by atoms with Gasteiger partial charge in [-0.25, -0.2) is 4.98 Å². The summed E-state index contributed by atoms with van der Waals surface area (Å²) in [5.41, 5.74) is 1.96. The molecule has 0 saturated carbocycles. The first-order valence-electron chi connectivity index (χ1n) is 6.07. The summed E-state index contributed by atoms with van der Waals surface area (Å²) in [4.78, 5) is 4.02. The molecule has 0 aliphatic carbocycles. The maximum absolute atomic E-state index is 9.06. The molecule has 0 spiro atoms. The quantitative estimate of drug-likeness (QED) is 0.933. The summed E-state index contributed by atoms with van der Waals surface area (Å²) in [5.74, 6) is 0.369. The minimum Gasteiger partial charge on any atom is -0.310 e. The number of benzene rings is 1. The Morgan fingerprint density at radius 2 is 2.26 bits per heavy atom. The van der Waals surface area contributed by atoms with E-state index in [4.69, 9.17) is 16.9 Å². The van der Waals surface area contributed by atoms with Crippen LogP contribution >= 0.6 is 11.6 Å². The zero-order chi connectivity index (χ0) is 13.8. The summed E-state index contributed by atoms with van der Waals surface area (Å²) in [5, 5.41) is 13.1. The second-order valence-corrected chi connectivity index (χ2v) is 4.98. The molecule has 98 valence electrons. The first-order chi connectivity index (χ1) is 9.11. The number of rotatable bonds is 4. The van der Waals surface area contributed by atoms with Gasteiger partial charge in [-0.2, -0.15) is 5.26 Å². The average molecular weight is 275 g/mol. The summed E-state index contributed by atoms with van der Waals surface area (Å²) >= 11 is 6.05. The molecule has 0 aliphatic rings. The fraction of sp³-hybridized carbons (Fsp3) is 0.286. The van der Waals surface area contributed by atoms with Crippen LogP contribution in [0.4, 0.5) is 0 Å². The van der Waals surface area contributed by atoms with Crippen LogP contribution < -0.4 is 5.32 Å². The van der Waals surface area contributed by atoms with E-state index in [1.807, 2.05) is 18.2 Å². The van der Waals surface area contributed by atoms with Crippen LogP contribution in [0.15, 0.2) is 30.6 Å². The summed E-state index contributed by atoms with van der Waals surface area (Å²) in [6, 6.07) is 8.09. The highest BCUT2D eigenvalue weighted by Crippen LogP contribution is 2.21. The number of hydrogen-bond acceptors (Lipinski definition) is 3. The molecule has 0 atom stereocenters. The zero-order valence-electron chi connectivity index (χ0n) is 10.9. The van der Waals surface area contributed by atoms with Gasteiger partial charge >= 0.3 is 0 Å². The van der Waals surface area contributed by atoms with Crippen molar-refractivity contribution in [2.75, 3.05) is 0 Å². The molecular formula is C14H15ClN4. The van der Waals surface area contributed by atoms with E-state index >= 15 is 0 Å². The number of nitriles is 1. The van der Waals surface area contributed by atoms with Gasteiger partial charge in [0.05, 0.1) is 5.69 Å². The van der Waals surface area contributed by atoms with Crippen LogP contribution in [0.3, 0.4) is 0 Å². The third-order valence-corrected chi connectivity index (χ3v) is 2.98. The number of aromatic nitrogens is 2. The Hall–Kier alpha value is -1.83. The second kappa shape index (κ2) is 5.87. The fourth-order valence-corrected chi connectivity index (χ4v) is 2.02. The zero-order valence-corrected chi connectivity index (χ0v) is 11.6. The van der Waals surface area contributed by atoms with Crippen molar-refractivity contribution in [3.05, 3.63) is 47.0 Å². The van der Waals surface area contributed by atoms with Gasteiger partial charge in [0.15, 0.2) is 0 Å². The molecule has 4 nitrogen and oxygen atoms in total. The van der Waals surface area contributed by atoms with Crippen LogP contribution in [0.1, 0.15) is 25.2 Å². The monoisotopic (exact) mass is 274 g/mol. The van der Waals surface area contributed by atoms with Crippen molar-refractivity contribution >= 4 is 11.6 Å². The molecule has 1 aromatic carbocycles. The normalized spacial score (nSPS) is 10.7. The van der Waals surface area contributed by atoms with Crippen molar-refractivity contribution in [1.29, 1.82) is 5.26 Å². The maximum Gasteiger partial charge on any atom is 0.217 e. The van der Waals surface area contributed by atoms with E-state index in [1.165, 1.54) is 0 Å². The van der Waals surface area contributed by atoms with E-state index in [-0.39, 0.29) is 0 Å². The SMILES string of the molecule is CC(C)NCc1cc(Cl)ccc1-n1ccnc1C#N. The lowest BCUT2D eigenvalue weighted by Gasteiger charge is -2.14. The summed E-state index contributed by atoms with van der Waals surface area (Å²) in [7, 11) is 0. The predicted molar refractivity (Wildman–Crippen MR) is 75.3 cm³/mol. The molecule has 2 aromatic rings. The van der Waals surface area contributed by atoms with Crippen molar-refractivity contribution in [3.8, 4) is 11.8 Å². The molecule has 0 amide bonds. The Balaban J connectivity index is 2.42. The number of nitrogens with zero attached hydrogens (tertiary/aromatic N) is 3. The minimum absolute atomic E-state index is 0.369. The standard InChI is InChI=1S/C14H15ClN4/c1-10(2)18-9-11-7-12(15)3-4-13(11)19-6-5-17-14(19)8-16/h3-7,10,18H,9H2,1-2H3. The van der Waals surface area contributed by atoms with Crippen molar-refractivity contribution in [2.24, 2.45) is 0 Å². The molecule has 19 heavy (non-hydrogen) atoms. The smallest absolute Gasteiger partial charge is 0.217 e. The minimum atomic E-state index is 0.369. The van der Waals surface area contributed by atoms with Gasteiger partial charge in [-0.1, -0.05) is 25.4 Å². The first-order valence-corrected chi connectivity index (χ1v) is 6.45. The van der Waals surface area contributed by atoms with Gasteiger partial charge in [0, 0.05) is 30.0 Å². The number of nitrogens with one attached hydrogen (secondary N) is 1. The predicted octanol–water partition coefficient (Wildman–Crippen LogP) is 2.90. The molecule has 0 saturated heterocycles. The van der Waals surface area contributed by atoms with Crippen LogP contribution in [0.5, 0.6) is 0 Å². The molecule has 1 N–H and O–H groups in total. The number of imidazole rings is 1. The van der Waals surface area contributed by atoms with Gasteiger partial charge < -0.3 is 5.32 Å². The summed E-state index contributed by atoms with van der Waals surface area (Å²) in [6.45, 7) is 4.86. The maximum atomic E-state index is 9.06. The number of hydrogen-bond donors (Lipinski definition) is 1. The fourth-order valence-electron chi connectivity index (χ4n) is 1.83. The van der Waals surface area contributed by atoms with Crippen molar-refractivity contribution in [3.63, 3.8) is 0 Å². The van der Waals surface area contributed by atoms with E-state index in [2.05, 4.69) is 30.2 Å². The van der Waals surface area contributed by atoms with E-state index in [0.29, 0.717) is 23.4 Å². The molecule has 1 heterocycles. The van der Waals surface area contributed by atoms with Crippen molar-refractivity contribution < 1.29 is 0 Å². The first kappa shape index (κ1) is 13.6. The Kier molecular flexibility index (Phi) is 4.20. The Morgan fingerprint density at radius 3 is 2.95 bits per heavy atom. The molecule has 1 aromatic heterocycles. The highest BCUT2D eigenvalue weighted by atomic mass is 35.5. The molecule has 0 aliphatic heterocycles. The van der Waals surface area contributed by atoms with Gasteiger partial charge in [-0.05, 0) is 23.8 Å². The lowest BCUT2D eigenvalue weighted by molar-refractivity contribution is 0.587. The van der Waals surface area contributed by atoms with Crippen LogP contribution in [0, 0.1) is 11.3 Å². The molecule has 2 rings (SSSR count). The van der Waals surface area contributed by atoms with Gasteiger partial charge in [0.1, 0.15) is 6.07 Å². The third-order valence-electron chi connectivity index (χ3n) is 2.74. The van der Waals surface area contributed by atoms with Gasteiger partial charge in [-0.15, -0.1) is 0 Å². The third kappa shape index (κ3) is 3.14. The number of halogens is 1. The molecule has 0 unspecified atom stereocenters. The Morgan fingerprint density at radius 1 is 1.47 bits per heavy atom.